The van der Waals surface area contributed by atoms with E-state index < -0.39 is 15.5 Å². The summed E-state index contributed by atoms with van der Waals surface area (Å²) in [5, 5.41) is 6.42. The quantitative estimate of drug-likeness (QED) is 0.519. The number of rotatable bonds is 7. The Balaban J connectivity index is 1.78. The number of hydrogen-bond donors (Lipinski definition) is 2. The Morgan fingerprint density at radius 2 is 1.76 bits per heavy atom. The van der Waals surface area contributed by atoms with Gasteiger partial charge in [0.15, 0.2) is 5.96 Å². The summed E-state index contributed by atoms with van der Waals surface area (Å²) in [7, 11) is -5.20. The third kappa shape index (κ3) is 6.02. The molecule has 0 radical (unpaired) electrons. The lowest BCUT2D eigenvalue weighted by atomic mass is 9.98. The van der Waals surface area contributed by atoms with Crippen LogP contribution in [0.2, 0.25) is 0 Å². The molecule has 1 heterocycles. The first-order valence-corrected chi connectivity index (χ1v) is 10.3. The highest BCUT2D eigenvalue weighted by Gasteiger charge is 2.50. The zero-order chi connectivity index (χ0) is 18.5. The van der Waals surface area contributed by atoms with E-state index in [0.717, 1.165) is 25.4 Å². The lowest BCUT2D eigenvalue weighted by molar-refractivity contribution is -0.0496. The molecule has 0 unspecified atom stereocenters. The average Bonchev–Trinajstić information content (AvgIpc) is 3.36. The number of halogens is 3. The second kappa shape index (κ2) is 8.57. The van der Waals surface area contributed by atoms with Gasteiger partial charge in [-0.05, 0) is 38.0 Å². The predicted molar refractivity (Wildman–Crippen MR) is 90.6 cm³/mol. The Morgan fingerprint density at radius 3 is 2.28 bits per heavy atom. The van der Waals surface area contributed by atoms with Gasteiger partial charge in [0.2, 0.25) is 0 Å². The first-order valence-electron chi connectivity index (χ1n) is 8.82. The van der Waals surface area contributed by atoms with Gasteiger partial charge in [-0.3, -0.25) is 4.99 Å². The summed E-state index contributed by atoms with van der Waals surface area (Å²) in [5.41, 5.74) is -5.22. The molecule has 0 aromatic carbocycles. The van der Waals surface area contributed by atoms with Gasteiger partial charge >= 0.3 is 15.5 Å². The van der Waals surface area contributed by atoms with Gasteiger partial charge in [-0.25, -0.2) is 8.42 Å². The van der Waals surface area contributed by atoms with Gasteiger partial charge < -0.3 is 10.6 Å². The van der Waals surface area contributed by atoms with Crippen LogP contribution in [0.25, 0.3) is 0 Å². The molecule has 0 amide bonds. The number of aliphatic imine (C=N–C) groups is 1. The molecular formula is C15H27F3N4O2S. The van der Waals surface area contributed by atoms with Gasteiger partial charge in [-0.2, -0.15) is 17.5 Å². The molecule has 146 valence electrons. The summed E-state index contributed by atoms with van der Waals surface area (Å²) in [4.78, 5) is 4.49. The van der Waals surface area contributed by atoms with Crippen molar-refractivity contribution in [3.8, 4) is 0 Å². The molecule has 2 N–H and O–H groups in total. The van der Waals surface area contributed by atoms with Crippen molar-refractivity contribution in [3.63, 3.8) is 0 Å². The Kier molecular flexibility index (Phi) is 6.95. The molecule has 10 heteroatoms. The van der Waals surface area contributed by atoms with Crippen molar-refractivity contribution >= 4 is 16.0 Å². The number of nitrogens with zero attached hydrogens (tertiary/aromatic N) is 2. The van der Waals surface area contributed by atoms with E-state index in [1.54, 1.807) is 0 Å². The fourth-order valence-electron chi connectivity index (χ4n) is 2.84. The van der Waals surface area contributed by atoms with Crippen LogP contribution in [0.15, 0.2) is 4.99 Å². The van der Waals surface area contributed by atoms with E-state index in [2.05, 4.69) is 15.6 Å². The molecular weight excluding hydrogens is 357 g/mol. The predicted octanol–water partition coefficient (Wildman–Crippen LogP) is 1.90. The van der Waals surface area contributed by atoms with Crippen LogP contribution in [-0.4, -0.2) is 56.9 Å². The minimum absolute atomic E-state index is 0.0959. The van der Waals surface area contributed by atoms with Crippen molar-refractivity contribution in [1.82, 2.24) is 14.9 Å². The van der Waals surface area contributed by atoms with Crippen LogP contribution in [-0.2, 0) is 10.0 Å². The van der Waals surface area contributed by atoms with E-state index in [-0.39, 0.29) is 19.0 Å². The lowest BCUT2D eigenvalue weighted by Gasteiger charge is -2.30. The van der Waals surface area contributed by atoms with E-state index in [9.17, 15) is 21.6 Å². The number of piperidine rings is 1. The Bertz CT molecular complexity index is 554. The lowest BCUT2D eigenvalue weighted by Crippen LogP contribution is -2.45. The maximum atomic E-state index is 12.6. The van der Waals surface area contributed by atoms with Crippen molar-refractivity contribution in [2.24, 2.45) is 16.8 Å². The highest BCUT2D eigenvalue weighted by molar-refractivity contribution is 7.90. The van der Waals surface area contributed by atoms with E-state index in [0.29, 0.717) is 29.7 Å². The second-order valence-electron chi connectivity index (χ2n) is 6.67. The summed E-state index contributed by atoms with van der Waals surface area (Å²) in [6.07, 6.45) is 4.50. The Morgan fingerprint density at radius 1 is 1.12 bits per heavy atom. The number of hydrogen-bond acceptors (Lipinski definition) is 3. The van der Waals surface area contributed by atoms with Crippen molar-refractivity contribution in [3.05, 3.63) is 0 Å². The molecule has 1 aliphatic carbocycles. The van der Waals surface area contributed by atoms with Crippen LogP contribution < -0.4 is 10.6 Å². The molecule has 1 saturated heterocycles. The normalized spacial score (nSPS) is 21.4. The van der Waals surface area contributed by atoms with E-state index in [1.165, 1.54) is 12.8 Å². The molecule has 6 nitrogen and oxygen atoms in total. The molecule has 0 spiro atoms. The number of sulfonamides is 1. The van der Waals surface area contributed by atoms with Crippen LogP contribution >= 0.6 is 0 Å². The molecule has 1 saturated carbocycles. The van der Waals surface area contributed by atoms with Gasteiger partial charge in [0.1, 0.15) is 0 Å². The zero-order valence-electron chi connectivity index (χ0n) is 14.5. The van der Waals surface area contributed by atoms with Crippen LogP contribution in [0.3, 0.4) is 0 Å². The maximum absolute atomic E-state index is 12.6. The van der Waals surface area contributed by atoms with Crippen LogP contribution in [0, 0.1) is 11.8 Å². The summed E-state index contributed by atoms with van der Waals surface area (Å²) in [6.45, 7) is 3.84. The smallest absolute Gasteiger partial charge is 0.357 e. The standard InChI is InChI=1S/C15H27F3N4O2S/c1-2-19-14(20-8-5-12-3-4-12)21-11-13-6-9-22(10-7-13)25(23,24)15(16,17)18/h12-13H,2-11H2,1H3,(H2,19,20,21). The molecule has 0 aromatic rings. The summed E-state index contributed by atoms with van der Waals surface area (Å²) in [5.74, 6) is 1.64. The Labute approximate surface area is 147 Å². The number of nitrogens with one attached hydrogen (secondary N) is 2. The topological polar surface area (TPSA) is 73.8 Å². The maximum Gasteiger partial charge on any atom is 0.511 e. The average molecular weight is 384 g/mol. The SMILES string of the molecule is CCNC(=NCC1CCN(S(=O)(=O)C(F)(F)F)CC1)NCCC1CC1. The summed E-state index contributed by atoms with van der Waals surface area (Å²) in [6, 6.07) is 0. The van der Waals surface area contributed by atoms with Gasteiger partial charge in [0.25, 0.3) is 0 Å². The van der Waals surface area contributed by atoms with E-state index in [1.807, 2.05) is 6.92 Å². The monoisotopic (exact) mass is 384 g/mol. The highest BCUT2D eigenvalue weighted by atomic mass is 32.2. The van der Waals surface area contributed by atoms with Crippen molar-refractivity contribution in [2.45, 2.75) is 44.5 Å². The van der Waals surface area contributed by atoms with Gasteiger partial charge in [0, 0.05) is 32.7 Å². The van der Waals surface area contributed by atoms with Crippen LogP contribution in [0.4, 0.5) is 13.2 Å². The molecule has 2 fully saturated rings. The molecule has 2 rings (SSSR count). The minimum Gasteiger partial charge on any atom is -0.357 e. The van der Waals surface area contributed by atoms with E-state index in [4.69, 9.17) is 0 Å². The highest BCUT2D eigenvalue weighted by Crippen LogP contribution is 2.32. The van der Waals surface area contributed by atoms with Crippen LogP contribution in [0.1, 0.15) is 39.0 Å². The summed E-state index contributed by atoms with van der Waals surface area (Å²) >= 11 is 0. The fraction of sp³-hybridized carbons (Fsp3) is 0.933. The summed E-state index contributed by atoms with van der Waals surface area (Å²) < 4.78 is 61.0. The third-order valence-electron chi connectivity index (χ3n) is 4.60. The van der Waals surface area contributed by atoms with Crippen molar-refractivity contribution in [2.75, 3.05) is 32.7 Å². The van der Waals surface area contributed by atoms with Gasteiger partial charge in [-0.15, -0.1) is 0 Å². The molecule has 2 aliphatic rings. The Hall–Kier alpha value is -1.03. The van der Waals surface area contributed by atoms with Crippen LogP contribution in [0.5, 0.6) is 0 Å². The third-order valence-corrected chi connectivity index (χ3v) is 6.23. The first kappa shape index (κ1) is 20.3. The molecule has 1 aliphatic heterocycles. The van der Waals surface area contributed by atoms with Gasteiger partial charge in [-0.1, -0.05) is 12.8 Å². The van der Waals surface area contributed by atoms with Crippen molar-refractivity contribution < 1.29 is 21.6 Å². The minimum atomic E-state index is -5.22. The molecule has 0 bridgehead atoms. The van der Waals surface area contributed by atoms with Gasteiger partial charge in [0.05, 0.1) is 0 Å². The number of alkyl halides is 3. The molecule has 0 aromatic heterocycles. The second-order valence-corrected chi connectivity index (χ2v) is 8.60. The number of guanidine groups is 1. The van der Waals surface area contributed by atoms with E-state index >= 15 is 0 Å². The zero-order valence-corrected chi connectivity index (χ0v) is 15.3. The van der Waals surface area contributed by atoms with Crippen molar-refractivity contribution in [1.29, 1.82) is 0 Å². The molecule has 25 heavy (non-hydrogen) atoms. The first-order chi connectivity index (χ1) is 11.7. The molecule has 0 atom stereocenters. The largest absolute Gasteiger partial charge is 0.511 e. The fourth-order valence-corrected chi connectivity index (χ4v) is 3.83.